The Balaban J connectivity index is 3.08. The van der Waals surface area contributed by atoms with Gasteiger partial charge in [0.25, 0.3) is 0 Å². The van der Waals surface area contributed by atoms with Crippen molar-refractivity contribution in [2.24, 2.45) is 0 Å². The molecule has 0 unspecified atom stereocenters. The zero-order chi connectivity index (χ0) is 12.3. The molecule has 0 radical (unpaired) electrons. The number of rotatable bonds is 4. The van der Waals surface area contributed by atoms with Gasteiger partial charge in [-0.3, -0.25) is 0 Å². The number of halogens is 2. The van der Waals surface area contributed by atoms with Crippen molar-refractivity contribution in [3.8, 4) is 0 Å². The average molecular weight is 244 g/mol. The third kappa shape index (κ3) is 2.88. The van der Waals surface area contributed by atoms with E-state index in [2.05, 4.69) is 25.7 Å². The normalized spacial score (nSPS) is 11.6. The van der Waals surface area contributed by atoms with Crippen LogP contribution in [0, 0.1) is 5.82 Å². The first-order valence-electron chi connectivity index (χ1n) is 5.50. The van der Waals surface area contributed by atoms with Gasteiger partial charge in [-0.05, 0) is 44.0 Å². The minimum absolute atomic E-state index is 0.0113. The maximum atomic E-state index is 13.4. The summed E-state index contributed by atoms with van der Waals surface area (Å²) in [6.45, 7) is 6.40. The van der Waals surface area contributed by atoms with Crippen LogP contribution in [-0.4, -0.2) is 12.6 Å². The Labute approximate surface area is 102 Å². The molecule has 0 aliphatic heterocycles. The van der Waals surface area contributed by atoms with E-state index in [0.717, 1.165) is 17.7 Å². The standard InChI is InChI=1S/C13H19ClFN/c1-5-13(2,3)16(4)12-7-10(9-14)6-11(15)8-12/h6-8H,5,9H2,1-4H3. The van der Waals surface area contributed by atoms with Gasteiger partial charge in [0.05, 0.1) is 0 Å². The summed E-state index contributed by atoms with van der Waals surface area (Å²) >= 11 is 5.74. The SMILES string of the molecule is CCC(C)(C)N(C)c1cc(F)cc(CCl)c1. The lowest BCUT2D eigenvalue weighted by molar-refractivity contribution is 0.470. The van der Waals surface area contributed by atoms with E-state index in [1.165, 1.54) is 6.07 Å². The summed E-state index contributed by atoms with van der Waals surface area (Å²) < 4.78 is 13.4. The molecule has 0 saturated heterocycles. The van der Waals surface area contributed by atoms with Crippen molar-refractivity contribution in [2.45, 2.75) is 38.6 Å². The summed E-state index contributed by atoms with van der Waals surface area (Å²) in [6, 6.07) is 4.96. The van der Waals surface area contributed by atoms with Crippen molar-refractivity contribution in [1.29, 1.82) is 0 Å². The number of anilines is 1. The van der Waals surface area contributed by atoms with Crippen LogP contribution in [-0.2, 0) is 5.88 Å². The van der Waals surface area contributed by atoms with Crippen LogP contribution in [0.3, 0.4) is 0 Å². The molecule has 0 heterocycles. The molecule has 0 saturated carbocycles. The highest BCUT2D eigenvalue weighted by Crippen LogP contribution is 2.26. The summed E-state index contributed by atoms with van der Waals surface area (Å²) in [5.41, 5.74) is 1.70. The maximum absolute atomic E-state index is 13.4. The van der Waals surface area contributed by atoms with Crippen molar-refractivity contribution in [3.63, 3.8) is 0 Å². The van der Waals surface area contributed by atoms with Crippen molar-refractivity contribution >= 4 is 17.3 Å². The Kier molecular flexibility index (Phi) is 4.20. The molecule has 0 bridgehead atoms. The molecule has 1 aromatic carbocycles. The van der Waals surface area contributed by atoms with Crippen molar-refractivity contribution in [2.75, 3.05) is 11.9 Å². The van der Waals surface area contributed by atoms with Crippen molar-refractivity contribution < 1.29 is 4.39 Å². The molecular formula is C13H19ClFN. The molecule has 0 aliphatic rings. The number of alkyl halides is 1. The molecule has 1 rings (SSSR count). The molecule has 0 N–H and O–H groups in total. The second-order valence-electron chi connectivity index (χ2n) is 4.68. The predicted molar refractivity (Wildman–Crippen MR) is 68.7 cm³/mol. The van der Waals surface area contributed by atoms with E-state index in [4.69, 9.17) is 11.6 Å². The largest absolute Gasteiger partial charge is 0.369 e. The van der Waals surface area contributed by atoms with Gasteiger partial charge < -0.3 is 4.90 Å². The van der Waals surface area contributed by atoms with Gasteiger partial charge in [-0.15, -0.1) is 11.6 Å². The fourth-order valence-corrected chi connectivity index (χ4v) is 1.65. The van der Waals surface area contributed by atoms with Crippen LogP contribution >= 0.6 is 11.6 Å². The molecule has 0 spiro atoms. The summed E-state index contributed by atoms with van der Waals surface area (Å²) in [6.07, 6.45) is 0.996. The Morgan fingerprint density at radius 2 is 1.94 bits per heavy atom. The molecule has 0 aliphatic carbocycles. The lowest BCUT2D eigenvalue weighted by atomic mass is 9.99. The highest BCUT2D eigenvalue weighted by Gasteiger charge is 2.21. The summed E-state index contributed by atoms with van der Waals surface area (Å²) in [4.78, 5) is 2.09. The van der Waals surface area contributed by atoms with Crippen LogP contribution in [0.25, 0.3) is 0 Å². The first-order chi connectivity index (χ1) is 7.40. The van der Waals surface area contributed by atoms with Gasteiger partial charge in [0.1, 0.15) is 5.82 Å². The lowest BCUT2D eigenvalue weighted by Gasteiger charge is -2.37. The molecule has 90 valence electrons. The number of nitrogens with zero attached hydrogens (tertiary/aromatic N) is 1. The lowest BCUT2D eigenvalue weighted by Crippen LogP contribution is -2.40. The third-order valence-electron chi connectivity index (χ3n) is 3.26. The van der Waals surface area contributed by atoms with Gasteiger partial charge in [0, 0.05) is 24.2 Å². The second kappa shape index (κ2) is 5.05. The molecule has 16 heavy (non-hydrogen) atoms. The molecule has 3 heteroatoms. The van der Waals surface area contributed by atoms with Gasteiger partial charge in [-0.2, -0.15) is 0 Å². The Hall–Kier alpha value is -0.760. The van der Waals surface area contributed by atoms with E-state index in [9.17, 15) is 4.39 Å². The van der Waals surface area contributed by atoms with E-state index in [0.29, 0.717) is 5.88 Å². The topological polar surface area (TPSA) is 3.24 Å². The van der Waals surface area contributed by atoms with Crippen molar-refractivity contribution in [1.82, 2.24) is 0 Å². The molecule has 0 atom stereocenters. The summed E-state index contributed by atoms with van der Waals surface area (Å²) in [5.74, 6) is 0.109. The Bertz CT molecular complexity index is 363. The molecular weight excluding hydrogens is 225 g/mol. The molecule has 0 aromatic heterocycles. The maximum Gasteiger partial charge on any atom is 0.125 e. The zero-order valence-electron chi connectivity index (χ0n) is 10.3. The first-order valence-corrected chi connectivity index (χ1v) is 6.03. The number of benzene rings is 1. The fourth-order valence-electron chi connectivity index (χ4n) is 1.49. The van der Waals surface area contributed by atoms with Crippen LogP contribution in [0.4, 0.5) is 10.1 Å². The van der Waals surface area contributed by atoms with E-state index in [-0.39, 0.29) is 11.4 Å². The van der Waals surface area contributed by atoms with Crippen LogP contribution < -0.4 is 4.90 Å². The van der Waals surface area contributed by atoms with Crippen molar-refractivity contribution in [3.05, 3.63) is 29.6 Å². The van der Waals surface area contributed by atoms with Crippen LogP contribution in [0.2, 0.25) is 0 Å². The summed E-state index contributed by atoms with van der Waals surface area (Å²) in [5, 5.41) is 0. The van der Waals surface area contributed by atoms with Gasteiger partial charge in [-0.25, -0.2) is 4.39 Å². The highest BCUT2D eigenvalue weighted by atomic mass is 35.5. The summed E-state index contributed by atoms with van der Waals surface area (Å²) in [7, 11) is 1.98. The number of hydrogen-bond donors (Lipinski definition) is 0. The van der Waals surface area contributed by atoms with E-state index < -0.39 is 0 Å². The van der Waals surface area contributed by atoms with Crippen LogP contribution in [0.5, 0.6) is 0 Å². The molecule has 1 aromatic rings. The fraction of sp³-hybridized carbons (Fsp3) is 0.538. The second-order valence-corrected chi connectivity index (χ2v) is 4.94. The Morgan fingerprint density at radius 3 is 2.44 bits per heavy atom. The minimum Gasteiger partial charge on any atom is -0.369 e. The first kappa shape index (κ1) is 13.3. The van der Waals surface area contributed by atoms with E-state index >= 15 is 0 Å². The van der Waals surface area contributed by atoms with Crippen LogP contribution in [0.15, 0.2) is 18.2 Å². The van der Waals surface area contributed by atoms with Gasteiger partial charge >= 0.3 is 0 Å². The van der Waals surface area contributed by atoms with Crippen LogP contribution in [0.1, 0.15) is 32.8 Å². The molecule has 1 nitrogen and oxygen atoms in total. The molecule has 0 amide bonds. The quantitative estimate of drug-likeness (QED) is 0.717. The minimum atomic E-state index is -0.230. The van der Waals surface area contributed by atoms with Gasteiger partial charge in [-0.1, -0.05) is 6.92 Å². The van der Waals surface area contributed by atoms with E-state index in [1.807, 2.05) is 13.1 Å². The monoisotopic (exact) mass is 243 g/mol. The molecule has 0 fully saturated rings. The smallest absolute Gasteiger partial charge is 0.125 e. The van der Waals surface area contributed by atoms with E-state index in [1.54, 1.807) is 6.07 Å². The average Bonchev–Trinajstić information content (AvgIpc) is 2.27. The number of hydrogen-bond acceptors (Lipinski definition) is 1. The highest BCUT2D eigenvalue weighted by molar-refractivity contribution is 6.17. The van der Waals surface area contributed by atoms with Gasteiger partial charge in [0.2, 0.25) is 0 Å². The van der Waals surface area contributed by atoms with Gasteiger partial charge in [0.15, 0.2) is 0 Å². The third-order valence-corrected chi connectivity index (χ3v) is 3.57. The predicted octanol–water partition coefficient (Wildman–Crippen LogP) is 4.19. The zero-order valence-corrected chi connectivity index (χ0v) is 11.1. The Morgan fingerprint density at radius 1 is 1.31 bits per heavy atom.